The number of hydrogen-bond acceptors (Lipinski definition) is 6. The molecule has 6 nitrogen and oxygen atoms in total. The van der Waals surface area contributed by atoms with E-state index in [0.717, 1.165) is 12.1 Å². The normalized spacial score (nSPS) is 18.3. The molecule has 12 heteroatoms. The van der Waals surface area contributed by atoms with Crippen LogP contribution in [0.1, 0.15) is 35.6 Å². The third-order valence-corrected chi connectivity index (χ3v) is 6.77. The smallest absolute Gasteiger partial charge is 0.394 e. The Labute approximate surface area is 215 Å². The van der Waals surface area contributed by atoms with Crippen LogP contribution in [0, 0.1) is 11.8 Å². The summed E-state index contributed by atoms with van der Waals surface area (Å²) in [5.41, 5.74) is -2.18. The van der Waals surface area contributed by atoms with Gasteiger partial charge in [-0.15, -0.1) is 0 Å². The molecule has 214 valence electrons. The van der Waals surface area contributed by atoms with Crippen molar-refractivity contribution in [3.05, 3.63) is 70.8 Å². The fourth-order valence-corrected chi connectivity index (χ4v) is 4.49. The molecule has 0 radical (unpaired) electrons. The highest BCUT2D eigenvalue weighted by atomic mass is 19.4. The molecule has 0 fully saturated rings. The predicted octanol–water partition coefficient (Wildman–Crippen LogP) is 2.95. The Morgan fingerprint density at radius 3 is 1.61 bits per heavy atom. The topological polar surface area (TPSA) is 121 Å². The molecular formula is C26H32F6O6. The number of halogens is 6. The van der Waals surface area contributed by atoms with Gasteiger partial charge < -0.3 is 30.6 Å². The fourth-order valence-electron chi connectivity index (χ4n) is 4.49. The van der Waals surface area contributed by atoms with Crippen LogP contribution in [-0.2, 0) is 25.2 Å². The van der Waals surface area contributed by atoms with Gasteiger partial charge in [-0.05, 0) is 54.4 Å². The summed E-state index contributed by atoms with van der Waals surface area (Å²) in [6.07, 6.45) is -20.3. The molecule has 0 aliphatic rings. The SMILES string of the molecule is CC(CCc1ccccc1C(F)(F)F)C(Cc1ccccc1C(F)(F)F)C(O)[C@@H](O)[C@@H](O)[C@H](O)[C@@H](O)CO. The number of hydrogen-bond donors (Lipinski definition) is 6. The average Bonchev–Trinajstić information content (AvgIpc) is 2.87. The fraction of sp³-hybridized carbons (Fsp3) is 0.538. The first kappa shape index (κ1) is 32.0. The molecule has 0 saturated carbocycles. The Kier molecular flexibility index (Phi) is 11.1. The standard InChI is InChI=1S/C26H32F6O6/c1-14(10-11-15-6-2-4-8-18(15)25(27,28)29)17(12-16-7-3-5-9-19(16)26(30,31)32)21(35)23(37)24(38)22(36)20(34)13-33/h2-9,14,17,20-24,33-38H,10-13H2,1H3/t14?,17?,20-,21?,22+,23+,24-/m0/s1. The predicted molar refractivity (Wildman–Crippen MR) is 125 cm³/mol. The van der Waals surface area contributed by atoms with Gasteiger partial charge in [-0.2, -0.15) is 26.3 Å². The van der Waals surface area contributed by atoms with Crippen molar-refractivity contribution in [3.63, 3.8) is 0 Å². The number of aliphatic hydroxyl groups excluding tert-OH is 6. The maximum absolute atomic E-state index is 13.6. The molecule has 0 aromatic heterocycles. The number of benzene rings is 2. The van der Waals surface area contributed by atoms with Gasteiger partial charge >= 0.3 is 12.4 Å². The lowest BCUT2D eigenvalue weighted by molar-refractivity contribution is -0.152. The summed E-state index contributed by atoms with van der Waals surface area (Å²) in [6, 6.07) is 9.31. The minimum atomic E-state index is -4.75. The Morgan fingerprint density at radius 1 is 0.658 bits per heavy atom. The lowest BCUT2D eigenvalue weighted by Crippen LogP contribution is -2.52. The van der Waals surface area contributed by atoms with Crippen molar-refractivity contribution in [2.75, 3.05) is 6.61 Å². The molecule has 7 atom stereocenters. The minimum Gasteiger partial charge on any atom is -0.394 e. The molecule has 6 N–H and O–H groups in total. The van der Waals surface area contributed by atoms with E-state index in [4.69, 9.17) is 5.11 Å². The summed E-state index contributed by atoms with van der Waals surface area (Å²) < 4.78 is 81.0. The number of alkyl halides is 6. The summed E-state index contributed by atoms with van der Waals surface area (Å²) >= 11 is 0. The van der Waals surface area contributed by atoms with Crippen LogP contribution in [0.2, 0.25) is 0 Å². The average molecular weight is 555 g/mol. The van der Waals surface area contributed by atoms with E-state index in [1.165, 1.54) is 43.3 Å². The summed E-state index contributed by atoms with van der Waals surface area (Å²) in [7, 11) is 0. The first-order valence-electron chi connectivity index (χ1n) is 11.9. The lowest BCUT2D eigenvalue weighted by atomic mass is 9.77. The van der Waals surface area contributed by atoms with E-state index in [9.17, 15) is 51.9 Å². The second-order valence-corrected chi connectivity index (χ2v) is 9.41. The van der Waals surface area contributed by atoms with Crippen molar-refractivity contribution < 1.29 is 57.0 Å². The number of aryl methyl sites for hydroxylation is 1. The molecule has 0 aliphatic heterocycles. The zero-order chi connectivity index (χ0) is 28.8. The van der Waals surface area contributed by atoms with E-state index in [0.29, 0.717) is 0 Å². The van der Waals surface area contributed by atoms with E-state index in [1.807, 2.05) is 0 Å². The van der Waals surface area contributed by atoms with Crippen molar-refractivity contribution in [1.29, 1.82) is 0 Å². The monoisotopic (exact) mass is 554 g/mol. The Bertz CT molecular complexity index is 1010. The third kappa shape index (κ3) is 8.14. The van der Waals surface area contributed by atoms with Gasteiger partial charge in [0.2, 0.25) is 0 Å². The molecule has 2 aromatic rings. The van der Waals surface area contributed by atoms with Crippen molar-refractivity contribution >= 4 is 0 Å². The lowest BCUT2D eigenvalue weighted by Gasteiger charge is -2.36. The van der Waals surface area contributed by atoms with E-state index in [2.05, 4.69) is 0 Å². The molecule has 38 heavy (non-hydrogen) atoms. The Balaban J connectivity index is 2.39. The number of aliphatic hydroxyl groups is 6. The van der Waals surface area contributed by atoms with Gasteiger partial charge in [0.25, 0.3) is 0 Å². The highest BCUT2D eigenvalue weighted by Crippen LogP contribution is 2.37. The van der Waals surface area contributed by atoms with E-state index >= 15 is 0 Å². The van der Waals surface area contributed by atoms with Crippen LogP contribution in [0.3, 0.4) is 0 Å². The molecule has 0 aliphatic carbocycles. The summed E-state index contributed by atoms with van der Waals surface area (Å²) in [4.78, 5) is 0. The van der Waals surface area contributed by atoms with Crippen molar-refractivity contribution in [1.82, 2.24) is 0 Å². The van der Waals surface area contributed by atoms with Crippen LogP contribution in [0.25, 0.3) is 0 Å². The molecule has 0 saturated heterocycles. The van der Waals surface area contributed by atoms with Gasteiger partial charge in [0, 0.05) is 0 Å². The maximum atomic E-state index is 13.6. The second-order valence-electron chi connectivity index (χ2n) is 9.41. The van der Waals surface area contributed by atoms with Crippen LogP contribution in [0.5, 0.6) is 0 Å². The molecule has 2 rings (SSSR count). The van der Waals surface area contributed by atoms with E-state index in [1.54, 1.807) is 0 Å². The molecule has 0 amide bonds. The molecule has 0 bridgehead atoms. The van der Waals surface area contributed by atoms with Crippen molar-refractivity contribution in [3.8, 4) is 0 Å². The van der Waals surface area contributed by atoms with Gasteiger partial charge in [0.15, 0.2) is 0 Å². The van der Waals surface area contributed by atoms with E-state index in [-0.39, 0.29) is 24.0 Å². The molecule has 0 heterocycles. The van der Waals surface area contributed by atoms with Gasteiger partial charge in [0.1, 0.15) is 24.4 Å². The first-order chi connectivity index (χ1) is 17.6. The van der Waals surface area contributed by atoms with Crippen LogP contribution >= 0.6 is 0 Å². The largest absolute Gasteiger partial charge is 0.416 e. The highest BCUT2D eigenvalue weighted by Gasteiger charge is 2.41. The van der Waals surface area contributed by atoms with Gasteiger partial charge in [-0.25, -0.2) is 0 Å². The third-order valence-electron chi connectivity index (χ3n) is 6.77. The second kappa shape index (κ2) is 13.2. The Hall–Kier alpha value is -2.22. The highest BCUT2D eigenvalue weighted by molar-refractivity contribution is 5.31. The summed E-state index contributed by atoms with van der Waals surface area (Å²) in [5, 5.41) is 60.2. The first-order valence-corrected chi connectivity index (χ1v) is 11.9. The molecule has 0 spiro atoms. The van der Waals surface area contributed by atoms with Crippen LogP contribution in [-0.4, -0.2) is 67.8 Å². The molecule has 2 aromatic carbocycles. The summed E-state index contributed by atoms with van der Waals surface area (Å²) in [6.45, 7) is 0.497. The van der Waals surface area contributed by atoms with Crippen molar-refractivity contribution in [2.24, 2.45) is 11.8 Å². The van der Waals surface area contributed by atoms with Crippen LogP contribution in [0.15, 0.2) is 48.5 Å². The molecule has 3 unspecified atom stereocenters. The van der Waals surface area contributed by atoms with Gasteiger partial charge in [-0.1, -0.05) is 43.3 Å². The van der Waals surface area contributed by atoms with Gasteiger partial charge in [-0.3, -0.25) is 0 Å². The molecular weight excluding hydrogens is 522 g/mol. The minimum absolute atomic E-state index is 0.0341. The zero-order valence-electron chi connectivity index (χ0n) is 20.4. The van der Waals surface area contributed by atoms with Crippen LogP contribution in [0.4, 0.5) is 26.3 Å². The number of rotatable bonds is 12. The Morgan fingerprint density at radius 2 is 1.11 bits per heavy atom. The maximum Gasteiger partial charge on any atom is 0.416 e. The van der Waals surface area contributed by atoms with E-state index < -0.39 is 78.9 Å². The van der Waals surface area contributed by atoms with Gasteiger partial charge in [0.05, 0.1) is 23.8 Å². The summed E-state index contributed by atoms with van der Waals surface area (Å²) in [5.74, 6) is -2.01. The zero-order valence-corrected chi connectivity index (χ0v) is 20.4. The van der Waals surface area contributed by atoms with Crippen molar-refractivity contribution in [2.45, 2.75) is 69.1 Å². The van der Waals surface area contributed by atoms with Crippen LogP contribution < -0.4 is 0 Å². The quantitative estimate of drug-likeness (QED) is 0.225.